The van der Waals surface area contributed by atoms with Gasteiger partial charge in [-0.2, -0.15) is 0 Å². The Balaban J connectivity index is 0.775. The summed E-state index contributed by atoms with van der Waals surface area (Å²) in [6.07, 6.45) is 8.55. The summed E-state index contributed by atoms with van der Waals surface area (Å²) in [7, 11) is 0. The molecule has 4 aromatic carbocycles. The largest absolute Gasteiger partial charge is 0.508 e. The quantitative estimate of drug-likeness (QED) is 0.121. The number of ether oxygens (including phenoxy) is 1. The van der Waals surface area contributed by atoms with Gasteiger partial charge in [-0.1, -0.05) is 66.7 Å². The van der Waals surface area contributed by atoms with Crippen molar-refractivity contribution in [2.75, 3.05) is 39.3 Å². The first-order chi connectivity index (χ1) is 27.8. The molecule has 0 aliphatic carbocycles. The summed E-state index contributed by atoms with van der Waals surface area (Å²) in [4.78, 5) is 56.7. The normalized spacial score (nSPS) is 20.2. The lowest BCUT2D eigenvalue weighted by Crippen LogP contribution is -2.54. The fraction of sp³-hybridized carbons (Fsp3) is 0.362. The molecule has 2 N–H and O–H groups in total. The van der Waals surface area contributed by atoms with Crippen molar-refractivity contribution in [3.63, 3.8) is 0 Å². The topological polar surface area (TPSA) is 119 Å². The van der Waals surface area contributed by atoms with Gasteiger partial charge in [0.1, 0.15) is 24.1 Å². The maximum atomic E-state index is 13.4. The van der Waals surface area contributed by atoms with Crippen LogP contribution in [0.1, 0.15) is 93.8 Å². The number of carbonyl (C=O) groups excluding carboxylic acids is 4. The molecule has 0 aromatic heterocycles. The van der Waals surface area contributed by atoms with Crippen LogP contribution in [0.4, 0.5) is 0 Å². The lowest BCUT2D eigenvalue weighted by Gasteiger charge is -2.42. The number of carbonyl (C=O) groups is 4. The Labute approximate surface area is 334 Å². The van der Waals surface area contributed by atoms with E-state index >= 15 is 0 Å². The number of amides is 4. The number of imide groups is 2. The summed E-state index contributed by atoms with van der Waals surface area (Å²) < 4.78 is 6.19. The number of hydrogen-bond donors (Lipinski definition) is 2. The van der Waals surface area contributed by atoms with E-state index in [1.54, 1.807) is 18.2 Å². The van der Waals surface area contributed by atoms with Gasteiger partial charge in [-0.05, 0) is 141 Å². The van der Waals surface area contributed by atoms with Crippen LogP contribution >= 0.6 is 0 Å². The van der Waals surface area contributed by atoms with Crippen LogP contribution in [0.15, 0.2) is 97.1 Å². The molecular formula is C47H50N4O6. The van der Waals surface area contributed by atoms with E-state index in [0.29, 0.717) is 29.7 Å². The van der Waals surface area contributed by atoms with Crippen LogP contribution in [0.3, 0.4) is 0 Å². The van der Waals surface area contributed by atoms with E-state index in [9.17, 15) is 24.3 Å². The SMILES string of the molecule is O=C1CCC(N2C(=O)c3ccc(C4CCN(C5CCN(CCOc6ccc(/C=C(/CCc7ccc(O)cc7)c7ccccc7)cc6)CC5)CC4)cc3C2=O)C(=O)N1. The van der Waals surface area contributed by atoms with Crippen LogP contribution in [-0.2, 0) is 16.0 Å². The summed E-state index contributed by atoms with van der Waals surface area (Å²) in [5.74, 6) is -0.396. The minimum Gasteiger partial charge on any atom is -0.508 e. The van der Waals surface area contributed by atoms with Crippen molar-refractivity contribution in [2.45, 2.75) is 69.4 Å². The number of nitrogens with one attached hydrogen (secondary N) is 1. The number of fused-ring (bicyclic) bond motifs is 1. The fourth-order valence-corrected chi connectivity index (χ4v) is 8.90. The Morgan fingerprint density at radius 2 is 1.49 bits per heavy atom. The van der Waals surface area contributed by atoms with Crippen molar-refractivity contribution >= 4 is 35.3 Å². The Kier molecular flexibility index (Phi) is 11.6. The molecule has 0 bridgehead atoms. The monoisotopic (exact) mass is 766 g/mol. The molecule has 4 aliphatic rings. The zero-order valence-corrected chi connectivity index (χ0v) is 32.3. The Hall–Kier alpha value is -5.58. The summed E-state index contributed by atoms with van der Waals surface area (Å²) >= 11 is 0. The van der Waals surface area contributed by atoms with E-state index in [2.05, 4.69) is 69.7 Å². The first-order valence-corrected chi connectivity index (χ1v) is 20.4. The molecule has 3 saturated heterocycles. The average molecular weight is 767 g/mol. The second kappa shape index (κ2) is 17.3. The zero-order chi connectivity index (χ0) is 39.3. The molecule has 4 aliphatic heterocycles. The molecule has 0 spiro atoms. The summed E-state index contributed by atoms with van der Waals surface area (Å²) in [6.45, 7) is 5.64. The molecule has 4 heterocycles. The molecular weight excluding hydrogens is 717 g/mol. The van der Waals surface area contributed by atoms with Crippen molar-refractivity contribution in [3.05, 3.63) is 130 Å². The minimum atomic E-state index is -0.948. The Morgan fingerprint density at radius 3 is 2.21 bits per heavy atom. The fourth-order valence-electron chi connectivity index (χ4n) is 8.90. The maximum Gasteiger partial charge on any atom is 0.262 e. The molecule has 10 heteroatoms. The number of phenols is 1. The highest BCUT2D eigenvalue weighted by atomic mass is 16.5. The van der Waals surface area contributed by atoms with Gasteiger partial charge in [0.15, 0.2) is 0 Å². The minimum absolute atomic E-state index is 0.109. The van der Waals surface area contributed by atoms with Gasteiger partial charge in [-0.15, -0.1) is 0 Å². The third-order valence-corrected chi connectivity index (χ3v) is 12.2. The summed E-state index contributed by atoms with van der Waals surface area (Å²) in [5, 5.41) is 11.9. The van der Waals surface area contributed by atoms with Crippen LogP contribution in [0.5, 0.6) is 11.5 Å². The van der Waals surface area contributed by atoms with Gasteiger partial charge in [0, 0.05) is 19.0 Å². The molecule has 294 valence electrons. The number of aryl methyl sites for hydroxylation is 1. The molecule has 3 fully saturated rings. The summed E-state index contributed by atoms with van der Waals surface area (Å²) in [6, 6.07) is 31.5. The van der Waals surface area contributed by atoms with Crippen molar-refractivity contribution in [2.24, 2.45) is 0 Å². The van der Waals surface area contributed by atoms with E-state index in [-0.39, 0.29) is 24.5 Å². The van der Waals surface area contributed by atoms with Gasteiger partial charge >= 0.3 is 0 Å². The van der Waals surface area contributed by atoms with Gasteiger partial charge in [0.05, 0.1) is 11.1 Å². The van der Waals surface area contributed by atoms with Crippen LogP contribution in [0.25, 0.3) is 11.6 Å². The van der Waals surface area contributed by atoms with E-state index < -0.39 is 23.8 Å². The lowest BCUT2D eigenvalue weighted by molar-refractivity contribution is -0.136. The first-order valence-electron chi connectivity index (χ1n) is 20.4. The highest BCUT2D eigenvalue weighted by Gasteiger charge is 2.45. The smallest absolute Gasteiger partial charge is 0.262 e. The van der Waals surface area contributed by atoms with Gasteiger partial charge in [-0.3, -0.25) is 34.3 Å². The standard InChI is InChI=1S/C47H50N4O6/c52-39-13-7-32(8-14-39)6-11-36(34-4-2-1-3-5-34)30-33-9-15-40(16-10-33)57-29-28-49-24-22-38(23-25-49)50-26-20-35(21-27-50)37-12-17-41-42(31-37)47(56)51(46(41)55)43-18-19-44(53)48-45(43)54/h1-5,7-10,12-17,30-31,35,38,43,52H,6,11,18-29H2,(H,48,53,54)/b36-30-. The summed E-state index contributed by atoms with van der Waals surface area (Å²) in [5.41, 5.74) is 6.57. The molecule has 57 heavy (non-hydrogen) atoms. The third kappa shape index (κ3) is 8.87. The predicted molar refractivity (Wildman–Crippen MR) is 219 cm³/mol. The van der Waals surface area contributed by atoms with E-state index in [1.165, 1.54) is 16.7 Å². The van der Waals surface area contributed by atoms with E-state index in [0.717, 1.165) is 93.0 Å². The maximum absolute atomic E-state index is 13.4. The molecule has 1 atom stereocenters. The van der Waals surface area contributed by atoms with E-state index in [1.807, 2.05) is 30.3 Å². The van der Waals surface area contributed by atoms with Crippen molar-refractivity contribution in [3.8, 4) is 11.5 Å². The van der Waals surface area contributed by atoms with E-state index in [4.69, 9.17) is 4.74 Å². The zero-order valence-electron chi connectivity index (χ0n) is 32.3. The second-order valence-electron chi connectivity index (χ2n) is 15.8. The van der Waals surface area contributed by atoms with Crippen LogP contribution in [-0.4, -0.2) is 94.8 Å². The number of allylic oxidation sites excluding steroid dienone is 1. The number of likely N-dealkylation sites (tertiary alicyclic amines) is 2. The van der Waals surface area contributed by atoms with Crippen LogP contribution in [0, 0.1) is 0 Å². The molecule has 4 aromatic rings. The number of rotatable bonds is 12. The molecule has 8 rings (SSSR count). The molecule has 0 saturated carbocycles. The number of piperidine rings is 3. The number of benzene rings is 4. The molecule has 1 unspecified atom stereocenters. The average Bonchev–Trinajstić information content (AvgIpc) is 3.49. The Bertz CT molecular complexity index is 2120. The number of phenolic OH excluding ortho intramolecular Hbond substituents is 1. The van der Waals surface area contributed by atoms with Gasteiger partial charge in [-0.25, -0.2) is 0 Å². The van der Waals surface area contributed by atoms with Crippen molar-refractivity contribution < 1.29 is 29.0 Å². The molecule has 0 radical (unpaired) electrons. The first kappa shape index (κ1) is 38.3. The Morgan fingerprint density at radius 1 is 0.772 bits per heavy atom. The number of hydrogen-bond acceptors (Lipinski definition) is 8. The molecule has 4 amide bonds. The van der Waals surface area contributed by atoms with Crippen LogP contribution < -0.4 is 10.1 Å². The van der Waals surface area contributed by atoms with Gasteiger partial charge in [0.2, 0.25) is 11.8 Å². The molecule has 10 nitrogen and oxygen atoms in total. The van der Waals surface area contributed by atoms with Gasteiger partial charge < -0.3 is 14.7 Å². The van der Waals surface area contributed by atoms with Crippen LogP contribution in [0.2, 0.25) is 0 Å². The van der Waals surface area contributed by atoms with Crippen molar-refractivity contribution in [1.29, 1.82) is 0 Å². The van der Waals surface area contributed by atoms with Gasteiger partial charge in [0.25, 0.3) is 11.8 Å². The second-order valence-corrected chi connectivity index (χ2v) is 15.8. The highest BCUT2D eigenvalue weighted by Crippen LogP contribution is 2.35. The highest BCUT2D eigenvalue weighted by molar-refractivity contribution is 6.23. The number of nitrogens with zero attached hydrogens (tertiary/aromatic N) is 3. The predicted octanol–water partition coefficient (Wildman–Crippen LogP) is 6.69. The van der Waals surface area contributed by atoms with Crippen molar-refractivity contribution in [1.82, 2.24) is 20.0 Å². The lowest BCUT2D eigenvalue weighted by atomic mass is 9.86. The number of aromatic hydroxyl groups is 1. The third-order valence-electron chi connectivity index (χ3n) is 12.2.